The van der Waals surface area contributed by atoms with Crippen LogP contribution in [0.25, 0.3) is 10.9 Å². The molecule has 2 saturated carbocycles. The lowest BCUT2D eigenvalue weighted by Crippen LogP contribution is -2.19. The normalized spacial score (nSPS) is 17.9. The fourth-order valence-electron chi connectivity index (χ4n) is 4.13. The molecule has 1 atom stereocenters. The molecule has 178 valence electrons. The minimum atomic E-state index is -1.63. The molecule has 2 N–H and O–H groups in total. The molecule has 0 spiro atoms. The Kier molecular flexibility index (Phi) is 4.97. The first-order valence-corrected chi connectivity index (χ1v) is 11.9. The Bertz CT molecular complexity index is 1610. The third-order valence-electron chi connectivity index (χ3n) is 6.46. The number of hydrogen-bond acceptors (Lipinski definition) is 7. The lowest BCUT2D eigenvalue weighted by atomic mass is 10.0. The number of nitriles is 2. The lowest BCUT2D eigenvalue weighted by Gasteiger charge is -2.20. The smallest absolute Gasteiger partial charge is 0.125 e. The van der Waals surface area contributed by atoms with E-state index < -0.39 is 17.4 Å². The first-order chi connectivity index (χ1) is 17.8. The zero-order valence-electron chi connectivity index (χ0n) is 20.0. The first kappa shape index (κ1) is 21.1. The number of rotatable bonds is 7. The van der Waals surface area contributed by atoms with Crippen molar-refractivity contribution in [3.8, 4) is 12.1 Å². The van der Waals surface area contributed by atoms with Gasteiger partial charge in [0.2, 0.25) is 0 Å². The Morgan fingerprint density at radius 1 is 1.22 bits per heavy atom. The summed E-state index contributed by atoms with van der Waals surface area (Å²) in [5.74, 6) is -0.418. The van der Waals surface area contributed by atoms with Gasteiger partial charge in [0.05, 0.1) is 47.5 Å². The molecule has 0 unspecified atom stereocenters. The van der Waals surface area contributed by atoms with Crippen molar-refractivity contribution < 1.29 is 5.76 Å². The van der Waals surface area contributed by atoms with Gasteiger partial charge in [-0.2, -0.15) is 10.5 Å². The van der Waals surface area contributed by atoms with Crippen LogP contribution < -0.4 is 10.6 Å². The fourth-order valence-corrected chi connectivity index (χ4v) is 4.40. The molecule has 2 heterocycles. The van der Waals surface area contributed by atoms with Crippen molar-refractivity contribution >= 4 is 33.9 Å². The third-order valence-corrected chi connectivity index (χ3v) is 6.75. The van der Waals surface area contributed by atoms with Gasteiger partial charge in [-0.1, -0.05) is 28.9 Å². The molecule has 0 saturated heterocycles. The number of anilines is 2. The van der Waals surface area contributed by atoms with Crippen molar-refractivity contribution in [2.24, 2.45) is 0 Å². The minimum absolute atomic E-state index is 0.271. The predicted molar refractivity (Wildman–Crippen MR) is 133 cm³/mol. The van der Waals surface area contributed by atoms with Crippen molar-refractivity contribution in [3.63, 3.8) is 0 Å². The maximum absolute atomic E-state index is 13.7. The molecular weight excluding hydrogens is 479 g/mol. The van der Waals surface area contributed by atoms with Gasteiger partial charge in [0.15, 0.2) is 0 Å². The summed E-state index contributed by atoms with van der Waals surface area (Å²) in [5, 5.41) is 35.1. The number of hydrogen-bond donors (Lipinski definition) is 2. The van der Waals surface area contributed by atoms with E-state index >= 15 is 0 Å². The van der Waals surface area contributed by atoms with Gasteiger partial charge >= 0.3 is 0 Å². The molecule has 2 aliphatic rings. The Balaban J connectivity index is 1.48. The summed E-state index contributed by atoms with van der Waals surface area (Å²) < 4.78 is 25.0. The fraction of sp³-hybridized carbons (Fsp3) is 0.269. The van der Waals surface area contributed by atoms with E-state index in [2.05, 4.69) is 38.1 Å². The highest BCUT2D eigenvalue weighted by molar-refractivity contribution is 6.35. The van der Waals surface area contributed by atoms with Crippen LogP contribution in [0.5, 0.6) is 0 Å². The van der Waals surface area contributed by atoms with E-state index in [0.29, 0.717) is 51.4 Å². The summed E-state index contributed by atoms with van der Waals surface area (Å²) in [6.07, 6.45) is 6.51. The molecule has 8 nitrogen and oxygen atoms in total. The van der Waals surface area contributed by atoms with Crippen molar-refractivity contribution in [2.45, 2.75) is 43.3 Å². The Morgan fingerprint density at radius 2 is 2.00 bits per heavy atom. The molecule has 10 heteroatoms. The predicted octanol–water partition coefficient (Wildman–Crippen LogP) is 5.49. The topological polar surface area (TPSA) is 115 Å². The van der Waals surface area contributed by atoms with Crippen LogP contribution >= 0.6 is 11.6 Å². The van der Waals surface area contributed by atoms with E-state index in [4.69, 9.17) is 11.6 Å². The van der Waals surface area contributed by atoms with Crippen LogP contribution in [0.4, 0.5) is 15.8 Å². The van der Waals surface area contributed by atoms with Gasteiger partial charge in [-0.3, -0.25) is 4.98 Å². The summed E-state index contributed by atoms with van der Waals surface area (Å²) in [4.78, 5) is 4.36. The number of nitrogens with one attached hydrogen (secondary N) is 2. The van der Waals surface area contributed by atoms with Crippen LogP contribution in [0.2, 0.25) is 5.02 Å². The maximum atomic E-state index is 13.7. The quantitative estimate of drug-likeness (QED) is 0.345. The molecule has 6 rings (SSSR count). The van der Waals surface area contributed by atoms with Gasteiger partial charge in [-0.15, -0.1) is 5.10 Å². The molecular formula is C26H20ClFN8. The Morgan fingerprint density at radius 3 is 2.67 bits per heavy atom. The van der Waals surface area contributed by atoms with E-state index in [9.17, 15) is 16.3 Å². The molecule has 0 bridgehead atoms. The van der Waals surface area contributed by atoms with E-state index in [1.54, 1.807) is 23.0 Å². The van der Waals surface area contributed by atoms with Crippen LogP contribution in [-0.2, 0) is 0 Å². The number of aromatic nitrogens is 4. The highest BCUT2D eigenvalue weighted by Crippen LogP contribution is 2.42. The van der Waals surface area contributed by atoms with E-state index in [-0.39, 0.29) is 11.6 Å². The zero-order chi connectivity index (χ0) is 25.8. The highest BCUT2D eigenvalue weighted by Gasteiger charge is 2.44. The highest BCUT2D eigenvalue weighted by atomic mass is 35.5. The summed E-state index contributed by atoms with van der Waals surface area (Å²) in [6, 6.07) is 12.1. The second-order valence-electron chi connectivity index (χ2n) is 9.15. The molecule has 2 aromatic carbocycles. The molecule has 2 aromatic heterocycles. The van der Waals surface area contributed by atoms with Gasteiger partial charge in [0, 0.05) is 17.3 Å². The molecule has 0 radical (unpaired) electrons. The minimum Gasteiger partial charge on any atom is -0.373 e. The number of halogens is 2. The maximum Gasteiger partial charge on any atom is 0.125 e. The number of benzene rings is 2. The van der Waals surface area contributed by atoms with Crippen LogP contribution in [-0.4, -0.2) is 25.5 Å². The second-order valence-corrected chi connectivity index (χ2v) is 9.56. The molecule has 0 amide bonds. The van der Waals surface area contributed by atoms with E-state index in [0.717, 1.165) is 12.8 Å². The summed E-state index contributed by atoms with van der Waals surface area (Å²) in [7, 11) is 0. The molecule has 2 aliphatic carbocycles. The molecule has 36 heavy (non-hydrogen) atoms. The van der Waals surface area contributed by atoms with Crippen molar-refractivity contribution in [2.75, 3.05) is 10.6 Å². The SMILES string of the molecule is [2H][C@](Nc1cc(Cl)c2ncc(C#N)c(NC3(C#N)CC3)c2c1)(c1ccc(F)cc1)c1cn(C2CC2)nn1. The zero-order valence-corrected chi connectivity index (χ0v) is 19.7. The van der Waals surface area contributed by atoms with Crippen LogP contribution in [0.3, 0.4) is 0 Å². The monoisotopic (exact) mass is 499 g/mol. The Hall–Kier alpha value is -4.21. The van der Waals surface area contributed by atoms with Gasteiger partial charge < -0.3 is 10.6 Å². The standard InChI is InChI=1S/C26H20ClFN8/c27-21-10-18(9-20-23(33-26(14-30)7-8-26)16(11-29)12-31-25(20)21)32-24(15-1-3-17(28)4-2-15)22-13-36(35-34-22)19-5-6-19/h1-4,9-10,12-13,19,24,32H,5-8H2,(H,31,33)/t24-/m0/s1/i24D. The number of nitrogens with zero attached hydrogens (tertiary/aromatic N) is 6. The third kappa shape index (κ3) is 4.08. The first-order valence-electron chi connectivity index (χ1n) is 12.0. The van der Waals surface area contributed by atoms with Gasteiger partial charge in [0.1, 0.15) is 23.1 Å². The van der Waals surface area contributed by atoms with Gasteiger partial charge in [-0.05, 0) is 55.5 Å². The summed E-state index contributed by atoms with van der Waals surface area (Å²) in [6.45, 7) is 0. The van der Waals surface area contributed by atoms with Crippen LogP contribution in [0.15, 0.2) is 48.8 Å². The number of fused-ring (bicyclic) bond motifs is 1. The average molecular weight is 500 g/mol. The number of pyridine rings is 1. The van der Waals surface area contributed by atoms with Gasteiger partial charge in [-0.25, -0.2) is 9.07 Å². The second kappa shape index (κ2) is 8.47. The molecule has 4 aromatic rings. The lowest BCUT2D eigenvalue weighted by molar-refractivity contribution is 0.610. The Labute approximate surface area is 212 Å². The van der Waals surface area contributed by atoms with Gasteiger partial charge in [0.25, 0.3) is 0 Å². The van der Waals surface area contributed by atoms with Crippen LogP contribution in [0, 0.1) is 28.5 Å². The van der Waals surface area contributed by atoms with Crippen molar-refractivity contribution in [3.05, 3.63) is 76.5 Å². The van der Waals surface area contributed by atoms with Crippen LogP contribution in [0.1, 0.15) is 55.9 Å². The largest absolute Gasteiger partial charge is 0.373 e. The van der Waals surface area contributed by atoms with Crippen molar-refractivity contribution in [1.82, 2.24) is 20.0 Å². The molecule has 2 fully saturated rings. The van der Waals surface area contributed by atoms with E-state index in [1.165, 1.54) is 30.5 Å². The average Bonchev–Trinajstić information content (AvgIpc) is 3.83. The van der Waals surface area contributed by atoms with Crippen molar-refractivity contribution in [1.29, 1.82) is 10.5 Å². The molecule has 0 aliphatic heterocycles. The summed E-state index contributed by atoms with van der Waals surface area (Å²) in [5.41, 5.74) is 1.73. The van der Waals surface area contributed by atoms with E-state index in [1.807, 2.05) is 0 Å². The summed E-state index contributed by atoms with van der Waals surface area (Å²) >= 11 is 6.62.